The molecular weight excluding hydrogens is 454 g/mol. The van der Waals surface area contributed by atoms with Crippen molar-refractivity contribution in [2.75, 3.05) is 10.7 Å². The van der Waals surface area contributed by atoms with Gasteiger partial charge in [-0.1, -0.05) is 89.6 Å². The average Bonchev–Trinajstić information content (AvgIpc) is 3.25. The third-order valence-electron chi connectivity index (χ3n) is 5.62. The minimum atomic E-state index is -0.466. The number of aromatic nitrogens is 3. The number of amides is 1. The summed E-state index contributed by atoms with van der Waals surface area (Å²) < 4.78 is 1.87. The molecule has 5 rings (SSSR count). The summed E-state index contributed by atoms with van der Waals surface area (Å²) in [4.78, 5) is 13.5. The Hall–Kier alpha value is -3.29. The Morgan fingerprint density at radius 3 is 2.55 bits per heavy atom. The molecule has 0 radical (unpaired) electrons. The highest BCUT2D eigenvalue weighted by Gasteiger charge is 2.38. The highest BCUT2D eigenvalue weighted by Crippen LogP contribution is 2.39. The lowest BCUT2D eigenvalue weighted by Crippen LogP contribution is -2.41. The quantitative estimate of drug-likeness (QED) is 0.401. The van der Waals surface area contributed by atoms with Crippen LogP contribution in [0, 0.1) is 13.8 Å². The van der Waals surface area contributed by atoms with Crippen molar-refractivity contribution >= 4 is 35.0 Å². The Balaban J connectivity index is 1.52. The third kappa shape index (κ3) is 4.34. The molecule has 0 saturated carbocycles. The van der Waals surface area contributed by atoms with Gasteiger partial charge < -0.3 is 10.7 Å². The first kappa shape index (κ1) is 21.6. The number of hydrogen-bond donors (Lipinski definition) is 2. The molecular formula is C25H22ClN5OS. The minimum Gasteiger partial charge on any atom is -0.325 e. The van der Waals surface area contributed by atoms with Gasteiger partial charge in [0.05, 0.1) is 6.04 Å². The first-order valence-corrected chi connectivity index (χ1v) is 11.8. The molecule has 1 aromatic heterocycles. The fraction of sp³-hybridized carbons (Fsp3) is 0.160. The van der Waals surface area contributed by atoms with E-state index in [1.807, 2.05) is 61.0 Å². The maximum absolute atomic E-state index is 13.5. The van der Waals surface area contributed by atoms with Crippen LogP contribution in [0.3, 0.4) is 0 Å². The molecule has 0 bridgehead atoms. The van der Waals surface area contributed by atoms with Crippen molar-refractivity contribution < 1.29 is 4.79 Å². The zero-order valence-electron chi connectivity index (χ0n) is 18.1. The van der Waals surface area contributed by atoms with E-state index in [4.69, 9.17) is 11.6 Å². The SMILES string of the molecule is Cc1ccc([C@@H]2Nn3c(nnc3-c3ccccc3)S[C@@H]2C(=O)Nc2cc(Cl)ccc2C)cc1. The van der Waals surface area contributed by atoms with Crippen LogP contribution in [0.4, 0.5) is 5.69 Å². The molecule has 1 aliphatic heterocycles. The zero-order valence-corrected chi connectivity index (χ0v) is 19.7. The molecule has 6 nitrogen and oxygen atoms in total. The van der Waals surface area contributed by atoms with Crippen LogP contribution >= 0.6 is 23.4 Å². The number of carbonyl (C=O) groups excluding carboxylic acids is 1. The predicted molar refractivity (Wildman–Crippen MR) is 133 cm³/mol. The summed E-state index contributed by atoms with van der Waals surface area (Å²) in [5.41, 5.74) is 8.27. The molecule has 3 aromatic carbocycles. The van der Waals surface area contributed by atoms with Gasteiger partial charge in [-0.05, 0) is 37.1 Å². The molecule has 0 aliphatic carbocycles. The molecule has 1 amide bonds. The van der Waals surface area contributed by atoms with Crippen LogP contribution in [-0.4, -0.2) is 26.0 Å². The van der Waals surface area contributed by atoms with E-state index in [9.17, 15) is 4.79 Å². The molecule has 2 atom stereocenters. The van der Waals surface area contributed by atoms with Gasteiger partial charge in [0.15, 0.2) is 5.82 Å². The van der Waals surface area contributed by atoms with Crippen LogP contribution in [0.1, 0.15) is 22.7 Å². The number of hydrogen-bond acceptors (Lipinski definition) is 5. The van der Waals surface area contributed by atoms with E-state index in [0.29, 0.717) is 21.7 Å². The Labute approximate surface area is 201 Å². The van der Waals surface area contributed by atoms with E-state index in [1.54, 1.807) is 6.07 Å². The second-order valence-electron chi connectivity index (χ2n) is 8.01. The van der Waals surface area contributed by atoms with Crippen LogP contribution < -0.4 is 10.7 Å². The zero-order chi connectivity index (χ0) is 22.9. The number of rotatable bonds is 4. The van der Waals surface area contributed by atoms with Gasteiger partial charge in [0.1, 0.15) is 5.25 Å². The summed E-state index contributed by atoms with van der Waals surface area (Å²) in [5, 5.41) is 12.6. The highest BCUT2D eigenvalue weighted by molar-refractivity contribution is 8.00. The molecule has 0 unspecified atom stereocenters. The molecule has 166 valence electrons. The van der Waals surface area contributed by atoms with Crippen molar-refractivity contribution in [2.24, 2.45) is 0 Å². The maximum Gasteiger partial charge on any atom is 0.240 e. The lowest BCUT2D eigenvalue weighted by Gasteiger charge is -2.33. The van der Waals surface area contributed by atoms with Crippen molar-refractivity contribution in [3.05, 3.63) is 94.5 Å². The third-order valence-corrected chi connectivity index (χ3v) is 7.07. The van der Waals surface area contributed by atoms with E-state index in [1.165, 1.54) is 11.8 Å². The minimum absolute atomic E-state index is 0.126. The van der Waals surface area contributed by atoms with Crippen molar-refractivity contribution in [3.8, 4) is 11.4 Å². The monoisotopic (exact) mass is 475 g/mol. The normalized spacial score (nSPS) is 17.2. The number of nitrogens with zero attached hydrogens (tertiary/aromatic N) is 3. The van der Waals surface area contributed by atoms with Crippen LogP contribution in [0.5, 0.6) is 0 Å². The smallest absolute Gasteiger partial charge is 0.240 e. The largest absolute Gasteiger partial charge is 0.325 e. The first-order valence-electron chi connectivity index (χ1n) is 10.6. The standard InChI is InChI=1S/C25H22ClN5OS/c1-15-8-11-17(12-9-15)21-22(24(32)27-20-14-19(26)13-10-16(20)2)33-25-29-28-23(31(25)30-21)18-6-4-3-5-7-18/h3-14,21-22,30H,1-2H3,(H,27,32)/t21-,22-/m0/s1. The number of thioether (sulfide) groups is 1. The van der Waals surface area contributed by atoms with Crippen LogP contribution in [0.25, 0.3) is 11.4 Å². The number of anilines is 1. The van der Waals surface area contributed by atoms with Crippen LogP contribution in [0.15, 0.2) is 78.0 Å². The highest BCUT2D eigenvalue weighted by atomic mass is 35.5. The number of benzene rings is 3. The molecule has 0 saturated heterocycles. The number of aryl methyl sites for hydroxylation is 2. The van der Waals surface area contributed by atoms with E-state index in [2.05, 4.69) is 45.2 Å². The summed E-state index contributed by atoms with van der Waals surface area (Å²) in [6.07, 6.45) is 0. The van der Waals surface area contributed by atoms with Gasteiger partial charge in [-0.15, -0.1) is 10.2 Å². The number of nitrogens with one attached hydrogen (secondary N) is 2. The van der Waals surface area contributed by atoms with E-state index in [-0.39, 0.29) is 11.9 Å². The second kappa shape index (κ2) is 8.92. The van der Waals surface area contributed by atoms with E-state index >= 15 is 0 Å². The lowest BCUT2D eigenvalue weighted by atomic mass is 10.0. The Bertz CT molecular complexity index is 1310. The van der Waals surface area contributed by atoms with Gasteiger partial charge in [-0.2, -0.15) is 0 Å². The summed E-state index contributed by atoms with van der Waals surface area (Å²) in [7, 11) is 0. The average molecular weight is 476 g/mol. The maximum atomic E-state index is 13.5. The van der Waals surface area contributed by atoms with Gasteiger partial charge in [-0.25, -0.2) is 4.68 Å². The fourth-order valence-electron chi connectivity index (χ4n) is 3.79. The lowest BCUT2D eigenvalue weighted by molar-refractivity contribution is -0.116. The molecule has 0 spiro atoms. The fourth-order valence-corrected chi connectivity index (χ4v) is 5.04. The summed E-state index contributed by atoms with van der Waals surface area (Å²) in [5.74, 6) is 0.582. The molecule has 2 N–H and O–H groups in total. The summed E-state index contributed by atoms with van der Waals surface area (Å²) >= 11 is 7.56. The van der Waals surface area contributed by atoms with E-state index in [0.717, 1.165) is 22.3 Å². The van der Waals surface area contributed by atoms with Crippen molar-refractivity contribution in [1.29, 1.82) is 0 Å². The topological polar surface area (TPSA) is 71.8 Å². The van der Waals surface area contributed by atoms with Gasteiger partial charge in [0.2, 0.25) is 11.1 Å². The second-order valence-corrected chi connectivity index (χ2v) is 9.56. The van der Waals surface area contributed by atoms with Crippen LogP contribution in [-0.2, 0) is 4.79 Å². The van der Waals surface area contributed by atoms with Gasteiger partial charge >= 0.3 is 0 Å². The van der Waals surface area contributed by atoms with Crippen molar-refractivity contribution in [1.82, 2.24) is 14.9 Å². The number of fused-ring (bicyclic) bond motifs is 1. The van der Waals surface area contributed by atoms with Crippen molar-refractivity contribution in [2.45, 2.75) is 30.3 Å². The van der Waals surface area contributed by atoms with E-state index < -0.39 is 5.25 Å². The van der Waals surface area contributed by atoms with Crippen LogP contribution in [0.2, 0.25) is 5.02 Å². The number of halogens is 1. The number of carbonyl (C=O) groups is 1. The van der Waals surface area contributed by atoms with Crippen molar-refractivity contribution in [3.63, 3.8) is 0 Å². The molecule has 1 aliphatic rings. The molecule has 4 aromatic rings. The Kier molecular flexibility index (Phi) is 5.83. The van der Waals surface area contributed by atoms with Gasteiger partial charge in [0.25, 0.3) is 0 Å². The molecule has 33 heavy (non-hydrogen) atoms. The molecule has 0 fully saturated rings. The Morgan fingerprint density at radius 2 is 1.79 bits per heavy atom. The van der Waals surface area contributed by atoms with Gasteiger partial charge in [0, 0.05) is 16.3 Å². The van der Waals surface area contributed by atoms with Gasteiger partial charge in [-0.3, -0.25) is 4.79 Å². The molecule has 2 heterocycles. The first-order chi connectivity index (χ1) is 16.0. The Morgan fingerprint density at radius 1 is 1.03 bits per heavy atom. The molecule has 8 heteroatoms. The summed E-state index contributed by atoms with van der Waals surface area (Å²) in [6, 6.07) is 23.3. The summed E-state index contributed by atoms with van der Waals surface area (Å²) in [6.45, 7) is 3.99. The predicted octanol–water partition coefficient (Wildman–Crippen LogP) is 5.61.